The van der Waals surface area contributed by atoms with Gasteiger partial charge in [-0.25, -0.2) is 0 Å². The van der Waals surface area contributed by atoms with Gasteiger partial charge in [-0.1, -0.05) is 30.3 Å². The molecule has 4 nitrogen and oxygen atoms in total. The van der Waals surface area contributed by atoms with Gasteiger partial charge in [-0.15, -0.1) is 0 Å². The van der Waals surface area contributed by atoms with Gasteiger partial charge in [0.1, 0.15) is 0 Å². The van der Waals surface area contributed by atoms with E-state index in [9.17, 15) is 4.79 Å². The number of hydrogen-bond acceptors (Lipinski definition) is 2. The fraction of sp³-hybridized carbons (Fsp3) is 0.231. The number of nitrogens with zero attached hydrogens (tertiary/aromatic N) is 1. The predicted molar refractivity (Wildman–Crippen MR) is 66.6 cm³/mol. The van der Waals surface area contributed by atoms with Crippen LogP contribution in [0.25, 0.3) is 0 Å². The summed E-state index contributed by atoms with van der Waals surface area (Å²) >= 11 is 0. The Morgan fingerprint density at radius 2 is 2.12 bits per heavy atom. The van der Waals surface area contributed by atoms with Crippen molar-refractivity contribution < 1.29 is 4.79 Å². The van der Waals surface area contributed by atoms with Crippen molar-refractivity contribution in [3.63, 3.8) is 0 Å². The zero-order valence-electron chi connectivity index (χ0n) is 9.52. The molecule has 0 fully saturated rings. The number of benzene rings is 1. The highest BCUT2D eigenvalue weighted by atomic mass is 16.1. The maximum Gasteiger partial charge on any atom is 0.224 e. The third kappa shape index (κ3) is 3.75. The van der Waals surface area contributed by atoms with Crippen LogP contribution in [0, 0.1) is 0 Å². The molecule has 1 heterocycles. The smallest absolute Gasteiger partial charge is 0.224 e. The van der Waals surface area contributed by atoms with Gasteiger partial charge in [0.05, 0.1) is 11.9 Å². The van der Waals surface area contributed by atoms with E-state index in [2.05, 4.69) is 27.6 Å². The number of carbonyl (C=O) groups is 1. The first-order chi connectivity index (χ1) is 8.34. The molecular formula is C13H15N3O. The van der Waals surface area contributed by atoms with Crippen molar-refractivity contribution in [2.24, 2.45) is 0 Å². The number of nitrogens with one attached hydrogen (secondary N) is 2. The number of hydrogen-bond donors (Lipinski definition) is 2. The first-order valence-corrected chi connectivity index (χ1v) is 5.67. The van der Waals surface area contributed by atoms with E-state index in [1.165, 1.54) is 5.56 Å². The molecular weight excluding hydrogens is 214 g/mol. The molecule has 1 amide bonds. The summed E-state index contributed by atoms with van der Waals surface area (Å²) < 4.78 is 0. The number of H-pyrrole nitrogens is 1. The molecule has 1 aromatic heterocycles. The van der Waals surface area contributed by atoms with E-state index < -0.39 is 0 Å². The minimum Gasteiger partial charge on any atom is -0.323 e. The first-order valence-electron chi connectivity index (χ1n) is 5.67. The summed E-state index contributed by atoms with van der Waals surface area (Å²) in [6, 6.07) is 10.2. The summed E-state index contributed by atoms with van der Waals surface area (Å²) in [5, 5.41) is 9.19. The van der Waals surface area contributed by atoms with Crippen LogP contribution in [0.5, 0.6) is 0 Å². The molecule has 2 N–H and O–H groups in total. The Balaban J connectivity index is 1.70. The molecule has 0 spiro atoms. The summed E-state index contributed by atoms with van der Waals surface area (Å²) in [5.41, 5.74) is 1.98. The fourth-order valence-corrected chi connectivity index (χ4v) is 1.64. The molecule has 1 aromatic carbocycles. The van der Waals surface area contributed by atoms with E-state index in [0.717, 1.165) is 18.5 Å². The van der Waals surface area contributed by atoms with Crippen LogP contribution in [0.2, 0.25) is 0 Å². The van der Waals surface area contributed by atoms with Gasteiger partial charge in [0.15, 0.2) is 0 Å². The Hall–Kier alpha value is -2.10. The molecule has 0 radical (unpaired) electrons. The second-order valence-corrected chi connectivity index (χ2v) is 3.87. The molecule has 17 heavy (non-hydrogen) atoms. The van der Waals surface area contributed by atoms with Crippen LogP contribution >= 0.6 is 0 Å². The molecule has 0 saturated carbocycles. The predicted octanol–water partition coefficient (Wildman–Crippen LogP) is 2.37. The molecule has 0 bridgehead atoms. The first kappa shape index (κ1) is 11.4. The van der Waals surface area contributed by atoms with Crippen LogP contribution in [0.1, 0.15) is 18.4 Å². The molecule has 0 atom stereocenters. The third-order valence-electron chi connectivity index (χ3n) is 2.49. The largest absolute Gasteiger partial charge is 0.323 e. The van der Waals surface area contributed by atoms with Crippen LogP contribution in [0.4, 0.5) is 5.69 Å². The highest BCUT2D eigenvalue weighted by molar-refractivity contribution is 5.90. The summed E-state index contributed by atoms with van der Waals surface area (Å²) in [4.78, 5) is 11.5. The second kappa shape index (κ2) is 5.84. The van der Waals surface area contributed by atoms with E-state index in [4.69, 9.17) is 0 Å². The Morgan fingerprint density at radius 3 is 2.82 bits per heavy atom. The van der Waals surface area contributed by atoms with Crippen LogP contribution < -0.4 is 5.32 Å². The van der Waals surface area contributed by atoms with Crippen LogP contribution in [-0.2, 0) is 11.2 Å². The van der Waals surface area contributed by atoms with E-state index in [1.54, 1.807) is 12.4 Å². The maximum atomic E-state index is 11.5. The van der Waals surface area contributed by atoms with Gasteiger partial charge in [-0.05, 0) is 18.4 Å². The van der Waals surface area contributed by atoms with Gasteiger partial charge in [0.25, 0.3) is 0 Å². The van der Waals surface area contributed by atoms with Gasteiger partial charge in [0.2, 0.25) is 5.91 Å². The van der Waals surface area contributed by atoms with Gasteiger partial charge >= 0.3 is 0 Å². The van der Waals surface area contributed by atoms with Crippen molar-refractivity contribution in [3.05, 3.63) is 48.3 Å². The Labute approximate surface area is 100 Å². The number of aryl methyl sites for hydroxylation is 1. The standard InChI is InChI=1S/C13H15N3O/c17-13(16-12-9-14-15-10-12)8-4-7-11-5-2-1-3-6-11/h1-3,5-6,9-10H,4,7-8H2,(H,14,15)(H,16,17). The van der Waals surface area contributed by atoms with Crippen LogP contribution in [-0.4, -0.2) is 16.1 Å². The van der Waals surface area contributed by atoms with Crippen molar-refractivity contribution in [3.8, 4) is 0 Å². The molecule has 0 aliphatic carbocycles. The Kier molecular flexibility index (Phi) is 3.91. The zero-order valence-corrected chi connectivity index (χ0v) is 9.52. The molecule has 0 unspecified atom stereocenters. The van der Waals surface area contributed by atoms with Crippen LogP contribution in [0.15, 0.2) is 42.7 Å². The van der Waals surface area contributed by atoms with Crippen molar-refractivity contribution in [2.45, 2.75) is 19.3 Å². The molecule has 0 saturated heterocycles. The fourth-order valence-electron chi connectivity index (χ4n) is 1.64. The number of aromatic nitrogens is 2. The van der Waals surface area contributed by atoms with Crippen molar-refractivity contribution in [2.75, 3.05) is 5.32 Å². The highest BCUT2D eigenvalue weighted by Crippen LogP contribution is 2.06. The molecule has 2 rings (SSSR count). The Bertz CT molecular complexity index is 451. The van der Waals surface area contributed by atoms with Gasteiger partial charge in [0, 0.05) is 12.6 Å². The lowest BCUT2D eigenvalue weighted by Crippen LogP contribution is -2.10. The molecule has 2 aromatic rings. The lowest BCUT2D eigenvalue weighted by molar-refractivity contribution is -0.116. The average molecular weight is 229 g/mol. The number of rotatable bonds is 5. The monoisotopic (exact) mass is 229 g/mol. The van der Waals surface area contributed by atoms with Gasteiger partial charge in [-0.2, -0.15) is 5.10 Å². The van der Waals surface area contributed by atoms with Crippen molar-refractivity contribution in [1.82, 2.24) is 10.2 Å². The van der Waals surface area contributed by atoms with E-state index in [-0.39, 0.29) is 5.91 Å². The number of anilines is 1. The third-order valence-corrected chi connectivity index (χ3v) is 2.49. The van der Waals surface area contributed by atoms with Gasteiger partial charge in [-0.3, -0.25) is 9.89 Å². The SMILES string of the molecule is O=C(CCCc1ccccc1)Nc1cn[nH]c1. The zero-order chi connectivity index (χ0) is 11.9. The maximum absolute atomic E-state index is 11.5. The summed E-state index contributed by atoms with van der Waals surface area (Å²) in [6.45, 7) is 0. The second-order valence-electron chi connectivity index (χ2n) is 3.87. The quantitative estimate of drug-likeness (QED) is 0.827. The molecule has 88 valence electrons. The van der Waals surface area contributed by atoms with E-state index in [1.807, 2.05) is 18.2 Å². The molecule has 4 heteroatoms. The summed E-state index contributed by atoms with van der Waals surface area (Å²) in [5.74, 6) is 0.0299. The van der Waals surface area contributed by atoms with Crippen molar-refractivity contribution in [1.29, 1.82) is 0 Å². The lowest BCUT2D eigenvalue weighted by Gasteiger charge is -2.02. The summed E-state index contributed by atoms with van der Waals surface area (Å²) in [6.07, 6.45) is 5.57. The number of amides is 1. The minimum atomic E-state index is 0.0299. The lowest BCUT2D eigenvalue weighted by atomic mass is 10.1. The Morgan fingerprint density at radius 1 is 1.29 bits per heavy atom. The highest BCUT2D eigenvalue weighted by Gasteiger charge is 2.02. The topological polar surface area (TPSA) is 57.8 Å². The van der Waals surface area contributed by atoms with E-state index >= 15 is 0 Å². The van der Waals surface area contributed by atoms with E-state index in [0.29, 0.717) is 6.42 Å². The molecule has 0 aliphatic rings. The summed E-state index contributed by atoms with van der Waals surface area (Å²) in [7, 11) is 0. The van der Waals surface area contributed by atoms with Crippen molar-refractivity contribution >= 4 is 11.6 Å². The number of carbonyl (C=O) groups excluding carboxylic acids is 1. The number of aromatic amines is 1. The van der Waals surface area contributed by atoms with Crippen LogP contribution in [0.3, 0.4) is 0 Å². The normalized spacial score (nSPS) is 10.1. The average Bonchev–Trinajstić information content (AvgIpc) is 2.83. The molecule has 0 aliphatic heterocycles. The van der Waals surface area contributed by atoms with Gasteiger partial charge < -0.3 is 5.32 Å². The minimum absolute atomic E-state index is 0.0299.